The molecule has 0 bridgehead atoms. The molecule has 2 rings (SSSR count). The highest BCUT2D eigenvalue weighted by molar-refractivity contribution is 7.90. The van der Waals surface area contributed by atoms with Crippen molar-refractivity contribution in [3.63, 3.8) is 0 Å². The molecule has 0 saturated heterocycles. The van der Waals surface area contributed by atoms with Crippen molar-refractivity contribution in [1.29, 1.82) is 0 Å². The minimum absolute atomic E-state index is 0.260. The normalized spacial score (nSPS) is 11.4. The van der Waals surface area contributed by atoms with Gasteiger partial charge >= 0.3 is 0 Å². The summed E-state index contributed by atoms with van der Waals surface area (Å²) >= 11 is 0. The van der Waals surface area contributed by atoms with E-state index in [1.807, 2.05) is 6.92 Å². The first kappa shape index (κ1) is 13.5. The van der Waals surface area contributed by atoms with Gasteiger partial charge < -0.3 is 4.79 Å². The van der Waals surface area contributed by atoms with Crippen LogP contribution >= 0.6 is 0 Å². The molecule has 1 aromatic carbocycles. The topological polar surface area (TPSA) is 56.1 Å². The van der Waals surface area contributed by atoms with E-state index in [0.717, 1.165) is 17.4 Å². The van der Waals surface area contributed by atoms with E-state index in [2.05, 4.69) is 0 Å². The van der Waals surface area contributed by atoms with E-state index < -0.39 is 10.0 Å². The summed E-state index contributed by atoms with van der Waals surface area (Å²) in [4.78, 5) is 10.6. The predicted molar refractivity (Wildman–Crippen MR) is 72.6 cm³/mol. The van der Waals surface area contributed by atoms with E-state index >= 15 is 0 Å². The minimum atomic E-state index is -3.53. The number of benzene rings is 1. The quantitative estimate of drug-likeness (QED) is 0.787. The number of rotatable bonds is 5. The lowest BCUT2D eigenvalue weighted by atomic mass is 10.2. The summed E-state index contributed by atoms with van der Waals surface area (Å²) in [6.45, 7) is 1.91. The zero-order chi connectivity index (χ0) is 13.9. The zero-order valence-corrected chi connectivity index (χ0v) is 11.4. The van der Waals surface area contributed by atoms with Crippen LogP contribution in [0.2, 0.25) is 0 Å². The lowest BCUT2D eigenvalue weighted by Gasteiger charge is -2.05. The van der Waals surface area contributed by atoms with E-state index in [-0.39, 0.29) is 4.90 Å². The molecule has 0 aliphatic heterocycles. The summed E-state index contributed by atoms with van der Waals surface area (Å²) in [6, 6.07) is 8.44. The van der Waals surface area contributed by atoms with E-state index in [1.165, 1.54) is 10.2 Å². The fourth-order valence-electron chi connectivity index (χ4n) is 1.77. The monoisotopic (exact) mass is 277 g/mol. The molecule has 4 nitrogen and oxygen atoms in total. The molecule has 1 heterocycles. The number of nitrogens with zero attached hydrogens (tertiary/aromatic N) is 1. The van der Waals surface area contributed by atoms with Gasteiger partial charge in [0.1, 0.15) is 6.29 Å². The van der Waals surface area contributed by atoms with Crippen molar-refractivity contribution in [2.75, 3.05) is 0 Å². The molecule has 0 saturated carbocycles. The number of hydrogen-bond acceptors (Lipinski definition) is 3. The standard InChI is InChI=1S/C14H15NO3S/c1-12-4-6-14(7-5-12)19(17,18)15-9-8-13(11-15)3-2-10-16/h4-11H,2-3H2,1H3. The highest BCUT2D eigenvalue weighted by Gasteiger charge is 2.16. The fraction of sp³-hybridized carbons (Fsp3) is 0.214. The highest BCUT2D eigenvalue weighted by Crippen LogP contribution is 2.16. The number of aryl methyl sites for hydroxylation is 2. The number of carbonyl (C=O) groups is 1. The molecule has 0 aliphatic rings. The van der Waals surface area contributed by atoms with Gasteiger partial charge in [0.05, 0.1) is 4.90 Å². The lowest BCUT2D eigenvalue weighted by molar-refractivity contribution is -0.107. The maximum absolute atomic E-state index is 12.3. The first-order valence-corrected chi connectivity index (χ1v) is 7.41. The molecule has 0 unspecified atom stereocenters. The second-order valence-electron chi connectivity index (χ2n) is 4.37. The van der Waals surface area contributed by atoms with Crippen LogP contribution in [0.5, 0.6) is 0 Å². The third kappa shape index (κ3) is 2.93. The second kappa shape index (κ2) is 5.40. The maximum Gasteiger partial charge on any atom is 0.267 e. The van der Waals surface area contributed by atoms with Crippen LogP contribution in [0.4, 0.5) is 0 Å². The molecule has 19 heavy (non-hydrogen) atoms. The molecule has 0 amide bonds. The van der Waals surface area contributed by atoms with Crippen molar-refractivity contribution in [2.45, 2.75) is 24.7 Å². The van der Waals surface area contributed by atoms with E-state index in [1.54, 1.807) is 36.5 Å². The predicted octanol–water partition coefficient (Wildman–Crippen LogP) is 2.17. The van der Waals surface area contributed by atoms with Gasteiger partial charge in [-0.3, -0.25) is 0 Å². The van der Waals surface area contributed by atoms with Gasteiger partial charge in [-0.05, 0) is 37.1 Å². The van der Waals surface area contributed by atoms with Gasteiger partial charge in [0.15, 0.2) is 0 Å². The molecule has 0 N–H and O–H groups in total. The van der Waals surface area contributed by atoms with Crippen LogP contribution < -0.4 is 0 Å². The Morgan fingerprint density at radius 1 is 1.16 bits per heavy atom. The molecule has 5 heteroatoms. The second-order valence-corrected chi connectivity index (χ2v) is 6.22. The minimum Gasteiger partial charge on any atom is -0.303 e. The molecular formula is C14H15NO3S. The largest absolute Gasteiger partial charge is 0.303 e. The molecule has 0 radical (unpaired) electrons. The van der Waals surface area contributed by atoms with Gasteiger partial charge in [-0.1, -0.05) is 17.7 Å². The van der Waals surface area contributed by atoms with Crippen LogP contribution in [0.25, 0.3) is 0 Å². The average Bonchev–Trinajstić information content (AvgIpc) is 2.86. The Bertz CT molecular complexity index is 669. The molecule has 0 fully saturated rings. The van der Waals surface area contributed by atoms with E-state index in [9.17, 15) is 13.2 Å². The van der Waals surface area contributed by atoms with Crippen molar-refractivity contribution in [3.8, 4) is 0 Å². The van der Waals surface area contributed by atoms with Crippen molar-refractivity contribution in [1.82, 2.24) is 3.97 Å². The van der Waals surface area contributed by atoms with E-state index in [0.29, 0.717) is 12.8 Å². The van der Waals surface area contributed by atoms with Crippen LogP contribution in [0.1, 0.15) is 17.5 Å². The van der Waals surface area contributed by atoms with Crippen molar-refractivity contribution in [3.05, 3.63) is 53.9 Å². The number of aldehydes is 1. The SMILES string of the molecule is Cc1ccc(S(=O)(=O)n2ccc(CCC=O)c2)cc1. The molecule has 0 spiro atoms. The first-order valence-electron chi connectivity index (χ1n) is 5.97. The summed E-state index contributed by atoms with van der Waals surface area (Å²) in [6.07, 6.45) is 4.84. The zero-order valence-electron chi connectivity index (χ0n) is 10.6. The van der Waals surface area contributed by atoms with Crippen molar-refractivity contribution >= 4 is 16.3 Å². The number of aromatic nitrogens is 1. The Hall–Kier alpha value is -1.88. The molecule has 2 aromatic rings. The Morgan fingerprint density at radius 3 is 2.47 bits per heavy atom. The fourth-order valence-corrected chi connectivity index (χ4v) is 2.99. The molecule has 0 aliphatic carbocycles. The molecular weight excluding hydrogens is 262 g/mol. The van der Waals surface area contributed by atoms with Crippen molar-refractivity contribution in [2.24, 2.45) is 0 Å². The highest BCUT2D eigenvalue weighted by atomic mass is 32.2. The lowest BCUT2D eigenvalue weighted by Crippen LogP contribution is -2.10. The van der Waals surface area contributed by atoms with Gasteiger partial charge in [0.25, 0.3) is 10.0 Å². The van der Waals surface area contributed by atoms with Crippen molar-refractivity contribution < 1.29 is 13.2 Å². The Labute approximate surface area is 112 Å². The Balaban J connectivity index is 2.31. The summed E-state index contributed by atoms with van der Waals surface area (Å²) in [7, 11) is -3.53. The molecule has 100 valence electrons. The molecule has 1 aromatic heterocycles. The smallest absolute Gasteiger partial charge is 0.267 e. The maximum atomic E-state index is 12.3. The summed E-state index contributed by atoms with van der Waals surface area (Å²) in [5.74, 6) is 0. The van der Waals surface area contributed by atoms with Gasteiger partial charge in [0, 0.05) is 18.8 Å². The third-order valence-electron chi connectivity index (χ3n) is 2.88. The van der Waals surface area contributed by atoms with E-state index in [4.69, 9.17) is 0 Å². The van der Waals surface area contributed by atoms with Crippen LogP contribution in [0, 0.1) is 6.92 Å². The van der Waals surface area contributed by atoms with Gasteiger partial charge in [-0.25, -0.2) is 12.4 Å². The van der Waals surface area contributed by atoms with Gasteiger partial charge in [-0.15, -0.1) is 0 Å². The van der Waals surface area contributed by atoms with Crippen LogP contribution in [0.3, 0.4) is 0 Å². The van der Waals surface area contributed by atoms with Gasteiger partial charge in [-0.2, -0.15) is 0 Å². The average molecular weight is 277 g/mol. The van der Waals surface area contributed by atoms with Crippen LogP contribution in [-0.2, 0) is 21.2 Å². The summed E-state index contributed by atoms with van der Waals surface area (Å²) in [5, 5.41) is 0. The number of hydrogen-bond donors (Lipinski definition) is 0. The van der Waals surface area contributed by atoms with Crippen LogP contribution in [-0.4, -0.2) is 18.7 Å². The summed E-state index contributed by atoms with van der Waals surface area (Å²) < 4.78 is 25.8. The third-order valence-corrected chi connectivity index (χ3v) is 4.53. The first-order chi connectivity index (χ1) is 9.04. The summed E-state index contributed by atoms with van der Waals surface area (Å²) in [5.41, 5.74) is 1.85. The Kier molecular flexibility index (Phi) is 3.85. The number of carbonyl (C=O) groups excluding carboxylic acids is 1. The Morgan fingerprint density at radius 2 is 1.84 bits per heavy atom. The van der Waals surface area contributed by atoms with Gasteiger partial charge in [0.2, 0.25) is 0 Å². The van der Waals surface area contributed by atoms with Crippen LogP contribution in [0.15, 0.2) is 47.6 Å². The molecule has 0 atom stereocenters.